The summed E-state index contributed by atoms with van der Waals surface area (Å²) in [5.74, 6) is 0.289. The summed E-state index contributed by atoms with van der Waals surface area (Å²) in [5, 5.41) is 4.53. The molecule has 0 N–H and O–H groups in total. The lowest BCUT2D eigenvalue weighted by molar-refractivity contribution is -0.137. The molecule has 0 fully saturated rings. The van der Waals surface area contributed by atoms with E-state index in [2.05, 4.69) is 10.1 Å². The minimum absolute atomic E-state index is 0.143. The van der Waals surface area contributed by atoms with Crippen LogP contribution in [0.15, 0.2) is 48.7 Å². The molecule has 3 heterocycles. The van der Waals surface area contributed by atoms with Crippen LogP contribution in [0.25, 0.3) is 11.3 Å². The fourth-order valence-corrected chi connectivity index (χ4v) is 3.42. The molecule has 156 valence electrons. The van der Waals surface area contributed by atoms with Crippen LogP contribution in [0, 0.1) is 0 Å². The van der Waals surface area contributed by atoms with Gasteiger partial charge in [-0.1, -0.05) is 12.1 Å². The maximum absolute atomic E-state index is 12.9. The third kappa shape index (κ3) is 4.00. The largest absolute Gasteiger partial charge is 0.481 e. The van der Waals surface area contributed by atoms with Gasteiger partial charge in [-0.2, -0.15) is 18.3 Å². The van der Waals surface area contributed by atoms with Crippen LogP contribution in [0.1, 0.15) is 28.0 Å². The Morgan fingerprint density at radius 2 is 1.87 bits per heavy atom. The molecular formula is C21H19F3N4O2. The fraction of sp³-hybridized carbons (Fsp3) is 0.286. The van der Waals surface area contributed by atoms with E-state index in [0.29, 0.717) is 42.3 Å². The van der Waals surface area contributed by atoms with Crippen LogP contribution in [-0.4, -0.2) is 39.2 Å². The number of alkyl halides is 3. The molecule has 9 heteroatoms. The molecule has 1 amide bonds. The number of aryl methyl sites for hydroxylation is 1. The molecule has 2 aromatic heterocycles. The van der Waals surface area contributed by atoms with Crippen molar-refractivity contribution in [3.8, 4) is 17.1 Å². The average Bonchev–Trinajstić information content (AvgIpc) is 3.04. The van der Waals surface area contributed by atoms with Crippen LogP contribution in [0.2, 0.25) is 0 Å². The summed E-state index contributed by atoms with van der Waals surface area (Å²) in [5.41, 5.74) is 1.78. The third-order valence-corrected chi connectivity index (χ3v) is 5.00. The minimum atomic E-state index is -4.37. The summed E-state index contributed by atoms with van der Waals surface area (Å²) in [7, 11) is 1.51. The number of ether oxygens (including phenoxy) is 1. The van der Waals surface area contributed by atoms with Crippen molar-refractivity contribution in [2.45, 2.75) is 25.7 Å². The Bertz CT molecular complexity index is 1040. The quantitative estimate of drug-likeness (QED) is 0.647. The van der Waals surface area contributed by atoms with Gasteiger partial charge in [0.05, 0.1) is 36.2 Å². The number of hydrogen-bond donors (Lipinski definition) is 0. The number of fused-ring (bicyclic) bond motifs is 1. The van der Waals surface area contributed by atoms with Gasteiger partial charge in [0.15, 0.2) is 0 Å². The van der Waals surface area contributed by atoms with Crippen molar-refractivity contribution >= 4 is 5.91 Å². The van der Waals surface area contributed by atoms with Crippen LogP contribution >= 0.6 is 0 Å². The van der Waals surface area contributed by atoms with Gasteiger partial charge in [-0.05, 0) is 30.7 Å². The van der Waals surface area contributed by atoms with Gasteiger partial charge in [-0.3, -0.25) is 9.48 Å². The van der Waals surface area contributed by atoms with Crippen molar-refractivity contribution in [3.63, 3.8) is 0 Å². The van der Waals surface area contributed by atoms with Crippen molar-refractivity contribution in [3.05, 3.63) is 65.5 Å². The van der Waals surface area contributed by atoms with Crippen molar-refractivity contribution in [2.24, 2.45) is 0 Å². The lowest BCUT2D eigenvalue weighted by atomic mass is 10.1. The first-order chi connectivity index (χ1) is 14.3. The molecule has 4 rings (SSSR count). The monoisotopic (exact) mass is 416 g/mol. The van der Waals surface area contributed by atoms with Crippen molar-refractivity contribution < 1.29 is 22.7 Å². The highest BCUT2D eigenvalue weighted by Crippen LogP contribution is 2.31. The second kappa shape index (κ2) is 7.81. The predicted octanol–water partition coefficient (Wildman–Crippen LogP) is 4.02. The molecule has 0 unspecified atom stereocenters. The molecule has 3 aromatic rings. The van der Waals surface area contributed by atoms with E-state index in [1.54, 1.807) is 17.0 Å². The van der Waals surface area contributed by atoms with Gasteiger partial charge in [0.25, 0.3) is 5.91 Å². The zero-order chi connectivity index (χ0) is 21.3. The molecule has 0 aliphatic carbocycles. The van der Waals surface area contributed by atoms with Crippen LogP contribution in [0.3, 0.4) is 0 Å². The zero-order valence-corrected chi connectivity index (χ0v) is 16.2. The summed E-state index contributed by atoms with van der Waals surface area (Å²) < 4.78 is 45.2. The third-order valence-electron chi connectivity index (χ3n) is 5.00. The van der Waals surface area contributed by atoms with E-state index < -0.39 is 11.7 Å². The fourth-order valence-electron chi connectivity index (χ4n) is 3.42. The Kier molecular flexibility index (Phi) is 5.19. The molecular weight excluding hydrogens is 397 g/mol. The van der Waals surface area contributed by atoms with Gasteiger partial charge in [0.1, 0.15) is 0 Å². The first kappa shape index (κ1) is 19.9. The number of carbonyl (C=O) groups is 1. The Morgan fingerprint density at radius 3 is 2.50 bits per heavy atom. The van der Waals surface area contributed by atoms with Crippen LogP contribution in [0.4, 0.5) is 13.2 Å². The number of aromatic nitrogens is 3. The highest BCUT2D eigenvalue weighted by atomic mass is 19.4. The van der Waals surface area contributed by atoms with E-state index in [0.717, 1.165) is 24.2 Å². The van der Waals surface area contributed by atoms with Crippen LogP contribution in [0.5, 0.6) is 5.88 Å². The van der Waals surface area contributed by atoms with Crippen molar-refractivity contribution in [2.75, 3.05) is 13.7 Å². The number of rotatable bonds is 3. The highest BCUT2D eigenvalue weighted by molar-refractivity contribution is 5.94. The Labute approximate surface area is 170 Å². The lowest BCUT2D eigenvalue weighted by Gasteiger charge is -2.20. The molecule has 0 bridgehead atoms. The van der Waals surface area contributed by atoms with Gasteiger partial charge in [0, 0.05) is 30.9 Å². The van der Waals surface area contributed by atoms with Crippen molar-refractivity contribution in [1.29, 1.82) is 0 Å². The second-order valence-corrected chi connectivity index (χ2v) is 6.99. The maximum atomic E-state index is 12.9. The number of halogens is 3. The van der Waals surface area contributed by atoms with E-state index in [1.165, 1.54) is 25.4 Å². The smallest absolute Gasteiger partial charge is 0.416 e. The molecule has 0 saturated heterocycles. The summed E-state index contributed by atoms with van der Waals surface area (Å²) in [6.45, 7) is 1.56. The summed E-state index contributed by atoms with van der Waals surface area (Å²) in [6.07, 6.45) is -2.17. The number of carbonyl (C=O) groups excluding carboxylic acids is 1. The first-order valence-corrected chi connectivity index (χ1v) is 9.39. The van der Waals surface area contributed by atoms with Gasteiger partial charge < -0.3 is 9.64 Å². The number of amides is 1. The highest BCUT2D eigenvalue weighted by Gasteiger charge is 2.30. The van der Waals surface area contributed by atoms with Gasteiger partial charge in [0.2, 0.25) is 5.88 Å². The van der Waals surface area contributed by atoms with Crippen molar-refractivity contribution in [1.82, 2.24) is 19.7 Å². The number of benzene rings is 1. The summed E-state index contributed by atoms with van der Waals surface area (Å²) in [4.78, 5) is 18.7. The normalized spacial score (nSPS) is 14.2. The molecule has 1 aliphatic heterocycles. The maximum Gasteiger partial charge on any atom is 0.416 e. The minimum Gasteiger partial charge on any atom is -0.481 e. The standard InChI is InChI=1S/C21H19F3N4O2/c1-30-19-8-5-15(12-25-19)20(29)27-9-2-10-28-17(13-27)11-18(26-28)14-3-6-16(7-4-14)21(22,23)24/h3-8,11-12H,2,9-10,13H2,1H3. The van der Waals surface area contributed by atoms with E-state index in [4.69, 9.17) is 4.74 Å². The molecule has 30 heavy (non-hydrogen) atoms. The molecule has 0 saturated carbocycles. The molecule has 1 aromatic carbocycles. The molecule has 6 nitrogen and oxygen atoms in total. The van der Waals surface area contributed by atoms with E-state index >= 15 is 0 Å². The van der Waals surface area contributed by atoms with E-state index in [-0.39, 0.29) is 5.91 Å². The number of methoxy groups -OCH3 is 1. The SMILES string of the molecule is COc1ccc(C(=O)N2CCCn3nc(-c4ccc(C(F)(F)F)cc4)cc3C2)cn1. The average molecular weight is 416 g/mol. The number of hydrogen-bond acceptors (Lipinski definition) is 4. The molecule has 0 radical (unpaired) electrons. The van der Waals surface area contributed by atoms with Crippen LogP contribution < -0.4 is 4.74 Å². The lowest BCUT2D eigenvalue weighted by Crippen LogP contribution is -2.30. The van der Waals surface area contributed by atoms with E-state index in [9.17, 15) is 18.0 Å². The topological polar surface area (TPSA) is 60.2 Å². The zero-order valence-electron chi connectivity index (χ0n) is 16.2. The second-order valence-electron chi connectivity index (χ2n) is 6.99. The molecule has 0 spiro atoms. The van der Waals surface area contributed by atoms with Gasteiger partial charge in [-0.15, -0.1) is 0 Å². The summed E-state index contributed by atoms with van der Waals surface area (Å²) >= 11 is 0. The molecule has 0 atom stereocenters. The Balaban J connectivity index is 1.55. The number of pyridine rings is 1. The Hall–Kier alpha value is -3.36. The molecule has 1 aliphatic rings. The van der Waals surface area contributed by atoms with E-state index in [1.807, 2.05) is 10.7 Å². The van der Waals surface area contributed by atoms with Gasteiger partial charge >= 0.3 is 6.18 Å². The van der Waals surface area contributed by atoms with Gasteiger partial charge in [-0.25, -0.2) is 4.98 Å². The predicted molar refractivity (Wildman–Crippen MR) is 103 cm³/mol. The summed E-state index contributed by atoms with van der Waals surface area (Å²) in [6, 6.07) is 10.1. The Morgan fingerprint density at radius 1 is 1.10 bits per heavy atom. The van der Waals surface area contributed by atoms with Crippen LogP contribution in [-0.2, 0) is 19.3 Å². The number of nitrogens with zero attached hydrogens (tertiary/aromatic N) is 4. The first-order valence-electron chi connectivity index (χ1n) is 9.39.